The van der Waals surface area contributed by atoms with Crippen LogP contribution in [0.2, 0.25) is 0 Å². The van der Waals surface area contributed by atoms with Gasteiger partial charge in [-0.1, -0.05) is 0 Å². The Labute approximate surface area is 131 Å². The first-order valence-corrected chi connectivity index (χ1v) is 6.15. The van der Waals surface area contributed by atoms with Gasteiger partial charge in [0.05, 0.1) is 33.1 Å². The lowest BCUT2D eigenvalue weighted by Gasteiger charge is -2.08. The van der Waals surface area contributed by atoms with Crippen LogP contribution in [0.4, 0.5) is 22.9 Å². The van der Waals surface area contributed by atoms with Crippen molar-refractivity contribution in [3.63, 3.8) is 0 Å². The third kappa shape index (κ3) is 2.99. The minimum Gasteiger partial charge on any atom is -0.311 e. The lowest BCUT2D eigenvalue weighted by Crippen LogP contribution is -2.13. The molecule has 1 amide bonds. The number of hydrogen-bond donors (Lipinski definition) is 1. The average molecular weight is 336 g/mol. The van der Waals surface area contributed by atoms with Gasteiger partial charge in [-0.2, -0.15) is 5.10 Å². The number of anilines is 1. The van der Waals surface area contributed by atoms with E-state index in [-0.39, 0.29) is 5.82 Å². The van der Waals surface area contributed by atoms with Gasteiger partial charge in [-0.05, 0) is 0 Å². The van der Waals surface area contributed by atoms with Gasteiger partial charge in [0.2, 0.25) is 11.6 Å². The molecule has 0 aliphatic rings. The normalized spacial score (nSPS) is 10.2. The van der Waals surface area contributed by atoms with Crippen LogP contribution in [0.1, 0.15) is 6.92 Å². The van der Waals surface area contributed by atoms with Crippen molar-refractivity contribution in [2.75, 3.05) is 5.32 Å². The molecule has 1 aromatic heterocycles. The number of nitrogens with zero attached hydrogens (tertiary/aromatic N) is 5. The first kappa shape index (κ1) is 16.5. The second-order valence-electron chi connectivity index (χ2n) is 4.41. The van der Waals surface area contributed by atoms with Crippen molar-refractivity contribution >= 4 is 28.8 Å². The van der Waals surface area contributed by atoms with Gasteiger partial charge < -0.3 is 5.32 Å². The van der Waals surface area contributed by atoms with Crippen molar-refractivity contribution in [2.45, 2.75) is 6.92 Å². The molecule has 1 N–H and O–H groups in total. The van der Waals surface area contributed by atoms with Crippen LogP contribution in [0.3, 0.4) is 0 Å². The summed E-state index contributed by atoms with van der Waals surface area (Å²) in [6.07, 6.45) is 1.15. The Morgan fingerprint density at radius 3 is 2.04 bits per heavy atom. The SMILES string of the molecule is CC(=O)Nc1ccnn1-c1c([N+](=O)[O-])cc([N+](=O)[O-])cc1[N+](=O)[O-]. The van der Waals surface area contributed by atoms with Crippen molar-refractivity contribution in [3.05, 3.63) is 54.7 Å². The molecule has 13 heteroatoms. The predicted octanol–water partition coefficient (Wildman–Crippen LogP) is 1.56. The molecule has 124 valence electrons. The highest BCUT2D eigenvalue weighted by Crippen LogP contribution is 2.37. The Bertz CT molecular complexity index is 838. The van der Waals surface area contributed by atoms with Crippen LogP contribution in [0.5, 0.6) is 0 Å². The Hall–Kier alpha value is -3.90. The molecule has 1 heterocycles. The monoisotopic (exact) mass is 336 g/mol. The zero-order valence-corrected chi connectivity index (χ0v) is 11.9. The van der Waals surface area contributed by atoms with Crippen LogP contribution in [-0.2, 0) is 4.79 Å². The number of hydrogen-bond acceptors (Lipinski definition) is 8. The lowest BCUT2D eigenvalue weighted by molar-refractivity contribution is -0.402. The highest BCUT2D eigenvalue weighted by molar-refractivity contribution is 5.88. The number of nitro benzene ring substituents is 3. The molecule has 0 bridgehead atoms. The third-order valence-electron chi connectivity index (χ3n) is 2.82. The second-order valence-corrected chi connectivity index (χ2v) is 4.41. The molecule has 0 unspecified atom stereocenters. The van der Waals surface area contributed by atoms with E-state index in [4.69, 9.17) is 0 Å². The number of nitro groups is 3. The number of rotatable bonds is 5. The Morgan fingerprint density at radius 2 is 1.62 bits per heavy atom. The molecule has 0 radical (unpaired) electrons. The fourth-order valence-electron chi connectivity index (χ4n) is 1.95. The maximum Gasteiger partial charge on any atom is 0.308 e. The van der Waals surface area contributed by atoms with Crippen LogP contribution < -0.4 is 5.32 Å². The van der Waals surface area contributed by atoms with E-state index in [1.807, 2.05) is 0 Å². The zero-order valence-electron chi connectivity index (χ0n) is 11.9. The van der Waals surface area contributed by atoms with Crippen LogP contribution in [0.15, 0.2) is 24.4 Å². The average Bonchev–Trinajstić information content (AvgIpc) is 2.92. The van der Waals surface area contributed by atoms with Gasteiger partial charge in [-0.3, -0.25) is 35.1 Å². The van der Waals surface area contributed by atoms with Crippen molar-refractivity contribution < 1.29 is 19.6 Å². The Kier molecular flexibility index (Phi) is 4.17. The van der Waals surface area contributed by atoms with Crippen molar-refractivity contribution in [3.8, 4) is 5.69 Å². The molecule has 0 saturated heterocycles. The molecule has 1 aromatic carbocycles. The molecule has 24 heavy (non-hydrogen) atoms. The largest absolute Gasteiger partial charge is 0.311 e. The van der Waals surface area contributed by atoms with Gasteiger partial charge >= 0.3 is 11.4 Å². The van der Waals surface area contributed by atoms with Crippen molar-refractivity contribution in [2.24, 2.45) is 0 Å². The van der Waals surface area contributed by atoms with Crippen LogP contribution in [0.25, 0.3) is 5.69 Å². The molecule has 0 aliphatic carbocycles. The summed E-state index contributed by atoms with van der Waals surface area (Å²) in [5.74, 6) is -0.605. The Balaban J connectivity index is 2.84. The van der Waals surface area contributed by atoms with E-state index in [0.29, 0.717) is 12.1 Å². The number of nitrogens with one attached hydrogen (secondary N) is 1. The summed E-state index contributed by atoms with van der Waals surface area (Å²) < 4.78 is 0.765. The highest BCUT2D eigenvalue weighted by atomic mass is 16.6. The minimum atomic E-state index is -1.01. The summed E-state index contributed by atoms with van der Waals surface area (Å²) in [5.41, 5.74) is -3.22. The third-order valence-corrected chi connectivity index (χ3v) is 2.82. The molecule has 0 fully saturated rings. The topological polar surface area (TPSA) is 176 Å². The first-order valence-electron chi connectivity index (χ1n) is 6.15. The molecular weight excluding hydrogens is 328 g/mol. The fraction of sp³-hybridized carbons (Fsp3) is 0.0909. The standard InChI is InChI=1S/C11H8N6O7/c1-6(18)13-10-2-3-12-14(10)11-8(16(21)22)4-7(15(19)20)5-9(11)17(23)24/h2-5H,1H3,(H,13,18). The van der Waals surface area contributed by atoms with Gasteiger partial charge in [-0.25, -0.2) is 4.68 Å². The number of amides is 1. The summed E-state index contributed by atoms with van der Waals surface area (Å²) in [6.45, 7) is 1.16. The molecular formula is C11H8N6O7. The fourth-order valence-corrected chi connectivity index (χ4v) is 1.95. The molecule has 0 saturated carbocycles. The van der Waals surface area contributed by atoms with Crippen LogP contribution in [-0.4, -0.2) is 30.5 Å². The van der Waals surface area contributed by atoms with Crippen LogP contribution in [0, 0.1) is 30.3 Å². The number of carbonyl (C=O) groups excluding carboxylic acids is 1. The highest BCUT2D eigenvalue weighted by Gasteiger charge is 2.33. The van der Waals surface area contributed by atoms with E-state index in [9.17, 15) is 35.1 Å². The van der Waals surface area contributed by atoms with E-state index >= 15 is 0 Å². The lowest BCUT2D eigenvalue weighted by atomic mass is 10.2. The number of carbonyl (C=O) groups is 1. The van der Waals surface area contributed by atoms with Crippen LogP contribution >= 0.6 is 0 Å². The predicted molar refractivity (Wildman–Crippen MR) is 77.8 cm³/mol. The number of non-ortho nitro benzene ring substituents is 1. The van der Waals surface area contributed by atoms with Crippen molar-refractivity contribution in [1.29, 1.82) is 0 Å². The smallest absolute Gasteiger partial charge is 0.308 e. The number of aromatic nitrogens is 2. The quantitative estimate of drug-likeness (QED) is 0.631. The van der Waals surface area contributed by atoms with E-state index < -0.39 is 43.4 Å². The summed E-state index contributed by atoms with van der Waals surface area (Å²) in [6, 6.07) is 2.43. The van der Waals surface area contributed by atoms with Gasteiger partial charge in [0.15, 0.2) is 0 Å². The Morgan fingerprint density at radius 1 is 1.08 bits per heavy atom. The summed E-state index contributed by atoms with van der Waals surface area (Å²) in [5, 5.41) is 39.3. The molecule has 0 atom stereocenters. The van der Waals surface area contributed by atoms with E-state index in [1.165, 1.54) is 6.07 Å². The molecule has 2 rings (SSSR count). The van der Waals surface area contributed by atoms with Gasteiger partial charge in [0, 0.05) is 13.0 Å². The second kappa shape index (κ2) is 6.07. The summed E-state index contributed by atoms with van der Waals surface area (Å²) >= 11 is 0. The number of benzene rings is 1. The van der Waals surface area contributed by atoms with E-state index in [0.717, 1.165) is 17.8 Å². The van der Waals surface area contributed by atoms with Crippen molar-refractivity contribution in [1.82, 2.24) is 9.78 Å². The minimum absolute atomic E-state index is 0.0671. The summed E-state index contributed by atoms with van der Waals surface area (Å²) in [7, 11) is 0. The maximum absolute atomic E-state index is 11.2. The van der Waals surface area contributed by atoms with Gasteiger partial charge in [0.1, 0.15) is 5.82 Å². The maximum atomic E-state index is 11.2. The van der Waals surface area contributed by atoms with E-state index in [2.05, 4.69) is 10.4 Å². The zero-order chi connectivity index (χ0) is 18.0. The molecule has 0 aliphatic heterocycles. The van der Waals surface area contributed by atoms with Gasteiger partial charge in [-0.15, -0.1) is 0 Å². The molecule has 0 spiro atoms. The summed E-state index contributed by atoms with van der Waals surface area (Å²) in [4.78, 5) is 41.5. The first-order chi connectivity index (χ1) is 11.2. The van der Waals surface area contributed by atoms with E-state index in [1.54, 1.807) is 0 Å². The molecule has 2 aromatic rings. The molecule has 13 nitrogen and oxygen atoms in total. The van der Waals surface area contributed by atoms with Gasteiger partial charge in [0.25, 0.3) is 5.69 Å².